The van der Waals surface area contributed by atoms with Crippen LogP contribution in [0.2, 0.25) is 0 Å². The summed E-state index contributed by atoms with van der Waals surface area (Å²) in [6, 6.07) is 0. The van der Waals surface area contributed by atoms with Crippen LogP contribution in [-0.4, -0.2) is 35.7 Å². The molecule has 1 aliphatic carbocycles. The first-order valence-corrected chi connectivity index (χ1v) is 10.4. The molecule has 0 radical (unpaired) electrons. The van der Waals surface area contributed by atoms with Gasteiger partial charge in [0.1, 0.15) is 4.75 Å². The Morgan fingerprint density at radius 2 is 1.80 bits per heavy atom. The van der Waals surface area contributed by atoms with Crippen molar-refractivity contribution < 1.29 is 13.2 Å². The van der Waals surface area contributed by atoms with Crippen LogP contribution < -0.4 is 0 Å². The first-order chi connectivity index (χ1) is 9.34. The lowest BCUT2D eigenvalue weighted by atomic mass is 10.0. The second kappa shape index (κ2) is 7.83. The van der Waals surface area contributed by atoms with Crippen LogP contribution in [0.4, 0.5) is 0 Å². The second-order valence-electron chi connectivity index (χ2n) is 6.04. The molecule has 0 atom stereocenters. The third-order valence-electron chi connectivity index (χ3n) is 4.27. The van der Waals surface area contributed by atoms with Crippen LogP contribution in [0.15, 0.2) is 0 Å². The number of Topliss-reactive ketones (excluding diaryl/α,β-unsaturated/α-hetero) is 1. The first-order valence-electron chi connectivity index (χ1n) is 7.68. The molecule has 0 aliphatic heterocycles. The second-order valence-corrected chi connectivity index (χ2v) is 10.2. The Morgan fingerprint density at radius 3 is 2.35 bits per heavy atom. The van der Waals surface area contributed by atoms with Gasteiger partial charge >= 0.3 is 0 Å². The highest BCUT2D eigenvalue weighted by molar-refractivity contribution is 7.99. The molecule has 0 N–H and O–H groups in total. The van der Waals surface area contributed by atoms with E-state index in [1.165, 1.54) is 0 Å². The van der Waals surface area contributed by atoms with Gasteiger partial charge in [0.2, 0.25) is 0 Å². The van der Waals surface area contributed by atoms with Gasteiger partial charge in [0.15, 0.2) is 15.6 Å². The van der Waals surface area contributed by atoms with E-state index in [-0.39, 0.29) is 11.0 Å². The van der Waals surface area contributed by atoms with E-state index in [1.54, 1.807) is 25.6 Å². The fourth-order valence-electron chi connectivity index (χ4n) is 2.73. The van der Waals surface area contributed by atoms with Crippen LogP contribution in [0.5, 0.6) is 0 Å². The van der Waals surface area contributed by atoms with Crippen molar-refractivity contribution in [3.8, 4) is 0 Å². The summed E-state index contributed by atoms with van der Waals surface area (Å²) >= 11 is 1.79. The summed E-state index contributed by atoms with van der Waals surface area (Å²) < 4.78 is 24.2. The molecule has 118 valence electrons. The Morgan fingerprint density at radius 1 is 1.20 bits per heavy atom. The van der Waals surface area contributed by atoms with Crippen molar-refractivity contribution in [2.24, 2.45) is 0 Å². The molecule has 0 aromatic rings. The molecule has 0 unspecified atom stereocenters. The fourth-order valence-corrected chi connectivity index (χ4v) is 5.57. The molecular weight excluding hydrogens is 292 g/mol. The Balaban J connectivity index is 2.67. The van der Waals surface area contributed by atoms with Gasteiger partial charge in [0.25, 0.3) is 0 Å². The van der Waals surface area contributed by atoms with Crippen molar-refractivity contribution in [1.29, 1.82) is 0 Å². The minimum atomic E-state index is -3.36. The number of hydrogen-bond donors (Lipinski definition) is 0. The van der Waals surface area contributed by atoms with E-state index in [2.05, 4.69) is 6.92 Å². The Labute approximate surface area is 128 Å². The number of carbonyl (C=O) groups is 1. The molecular formula is C15H28O3S2. The predicted molar refractivity (Wildman–Crippen MR) is 87.1 cm³/mol. The molecule has 0 spiro atoms. The molecule has 20 heavy (non-hydrogen) atoms. The summed E-state index contributed by atoms with van der Waals surface area (Å²) in [5.41, 5.74) is 0. The van der Waals surface area contributed by atoms with Crippen molar-refractivity contribution in [3.05, 3.63) is 0 Å². The van der Waals surface area contributed by atoms with Gasteiger partial charge in [-0.15, -0.1) is 0 Å². The van der Waals surface area contributed by atoms with E-state index in [4.69, 9.17) is 0 Å². The lowest BCUT2D eigenvalue weighted by Gasteiger charge is -2.31. The summed E-state index contributed by atoms with van der Waals surface area (Å²) in [7, 11) is -3.36. The van der Waals surface area contributed by atoms with Crippen molar-refractivity contribution in [2.45, 2.75) is 75.7 Å². The van der Waals surface area contributed by atoms with Gasteiger partial charge in [-0.05, 0) is 44.6 Å². The Hall–Kier alpha value is -0.0300. The summed E-state index contributed by atoms with van der Waals surface area (Å²) in [5.74, 6) is 1.86. The zero-order valence-corrected chi connectivity index (χ0v) is 14.6. The van der Waals surface area contributed by atoms with Gasteiger partial charge in [-0.25, -0.2) is 8.42 Å². The topological polar surface area (TPSA) is 51.2 Å². The van der Waals surface area contributed by atoms with Crippen LogP contribution in [0.1, 0.15) is 65.7 Å². The zero-order chi connectivity index (χ0) is 15.2. The van der Waals surface area contributed by atoms with E-state index in [0.29, 0.717) is 6.42 Å². The number of sulfone groups is 1. The maximum atomic E-state index is 12.7. The predicted octanol–water partition coefficient (Wildman–Crippen LogP) is 3.61. The minimum absolute atomic E-state index is 0.111. The molecule has 3 nitrogen and oxygen atoms in total. The molecule has 0 bridgehead atoms. The van der Waals surface area contributed by atoms with Crippen molar-refractivity contribution in [1.82, 2.24) is 0 Å². The highest BCUT2D eigenvalue weighted by Gasteiger charge is 2.45. The number of hydrogen-bond acceptors (Lipinski definition) is 4. The first kappa shape index (κ1) is 18.0. The van der Waals surface area contributed by atoms with Crippen LogP contribution in [0.3, 0.4) is 0 Å². The van der Waals surface area contributed by atoms with Crippen LogP contribution in [0, 0.1) is 0 Å². The molecule has 0 heterocycles. The van der Waals surface area contributed by atoms with E-state index in [1.807, 2.05) is 0 Å². The van der Waals surface area contributed by atoms with Gasteiger partial charge in [-0.1, -0.05) is 26.2 Å². The Kier molecular flexibility index (Phi) is 7.06. The summed E-state index contributed by atoms with van der Waals surface area (Å²) in [6.45, 7) is 5.29. The van der Waals surface area contributed by atoms with E-state index in [0.717, 1.165) is 50.0 Å². The molecule has 0 amide bonds. The number of ketones is 1. The number of thioether (sulfide) groups is 1. The fraction of sp³-hybridized carbons (Fsp3) is 0.933. The average Bonchev–Trinajstić information content (AvgIpc) is 2.44. The average molecular weight is 321 g/mol. The maximum absolute atomic E-state index is 12.7. The lowest BCUT2D eigenvalue weighted by Crippen LogP contribution is -2.46. The lowest BCUT2D eigenvalue weighted by molar-refractivity contribution is -0.120. The van der Waals surface area contributed by atoms with Crippen LogP contribution in [-0.2, 0) is 14.6 Å². The third kappa shape index (κ3) is 4.23. The highest BCUT2D eigenvalue weighted by Crippen LogP contribution is 2.32. The van der Waals surface area contributed by atoms with Gasteiger partial charge in [-0.2, -0.15) is 11.8 Å². The summed E-state index contributed by atoms with van der Waals surface area (Å²) in [5, 5.41) is -0.305. The van der Waals surface area contributed by atoms with E-state index < -0.39 is 14.6 Å². The third-order valence-corrected chi connectivity index (χ3v) is 8.26. The molecule has 1 rings (SSSR count). The number of rotatable bonds is 8. The van der Waals surface area contributed by atoms with Crippen molar-refractivity contribution in [2.75, 3.05) is 11.5 Å². The monoisotopic (exact) mass is 320 g/mol. The maximum Gasteiger partial charge on any atom is 0.165 e. The Bertz CT molecular complexity index is 407. The molecule has 0 aromatic carbocycles. The smallest absolute Gasteiger partial charge is 0.165 e. The largest absolute Gasteiger partial charge is 0.298 e. The van der Waals surface area contributed by atoms with Crippen molar-refractivity contribution >= 4 is 27.4 Å². The molecule has 0 saturated heterocycles. The standard InChI is InChI=1S/C15H28O3S2/c1-4-19-12-8-11-14(16)15(2,3)20(17,18)13-9-6-5-7-10-13/h13H,4-12H2,1-3H3. The molecule has 1 aliphatic rings. The van der Waals surface area contributed by atoms with E-state index in [9.17, 15) is 13.2 Å². The molecule has 0 aromatic heterocycles. The SMILES string of the molecule is CCSCCCC(=O)C(C)(C)S(=O)(=O)C1CCCCC1. The van der Waals surface area contributed by atoms with Crippen molar-refractivity contribution in [3.63, 3.8) is 0 Å². The van der Waals surface area contributed by atoms with Crippen LogP contribution in [0.25, 0.3) is 0 Å². The quantitative estimate of drug-likeness (QED) is 0.641. The van der Waals surface area contributed by atoms with Gasteiger partial charge in [0, 0.05) is 6.42 Å². The van der Waals surface area contributed by atoms with Gasteiger partial charge < -0.3 is 0 Å². The molecule has 1 fully saturated rings. The molecule has 5 heteroatoms. The highest BCUT2D eigenvalue weighted by atomic mass is 32.2. The molecule has 1 saturated carbocycles. The summed E-state index contributed by atoms with van der Waals surface area (Å²) in [4.78, 5) is 12.3. The normalized spacial score (nSPS) is 18.1. The van der Waals surface area contributed by atoms with E-state index >= 15 is 0 Å². The number of carbonyl (C=O) groups excluding carboxylic acids is 1. The van der Waals surface area contributed by atoms with Gasteiger partial charge in [0.05, 0.1) is 5.25 Å². The van der Waals surface area contributed by atoms with Gasteiger partial charge in [-0.3, -0.25) is 4.79 Å². The summed E-state index contributed by atoms with van der Waals surface area (Å²) in [6.07, 6.45) is 5.68. The van der Waals surface area contributed by atoms with Crippen LogP contribution >= 0.6 is 11.8 Å². The zero-order valence-electron chi connectivity index (χ0n) is 13.0. The minimum Gasteiger partial charge on any atom is -0.298 e.